The van der Waals surface area contributed by atoms with Gasteiger partial charge in [0.2, 0.25) is 5.91 Å². The van der Waals surface area contributed by atoms with Crippen molar-refractivity contribution in [1.29, 1.82) is 0 Å². The molecule has 5 heteroatoms. The van der Waals surface area contributed by atoms with Crippen LogP contribution in [0.5, 0.6) is 0 Å². The number of aromatic amines is 1. The Morgan fingerprint density at radius 2 is 1.95 bits per heavy atom. The number of thioether (sulfide) groups is 1. The lowest BCUT2D eigenvalue weighted by Gasteiger charge is -2.05. The molecule has 106 valence electrons. The van der Waals surface area contributed by atoms with Crippen molar-refractivity contribution in [3.8, 4) is 0 Å². The number of anilines is 1. The Balaban J connectivity index is 1.80. The lowest BCUT2D eigenvalue weighted by Crippen LogP contribution is -2.13. The minimum Gasteiger partial charge on any atom is -0.323 e. The molecule has 0 saturated heterocycles. The van der Waals surface area contributed by atoms with Crippen molar-refractivity contribution in [2.24, 2.45) is 0 Å². The van der Waals surface area contributed by atoms with Crippen molar-refractivity contribution < 1.29 is 4.79 Å². The zero-order valence-corrected chi connectivity index (χ0v) is 12.8. The molecule has 1 aromatic carbocycles. The summed E-state index contributed by atoms with van der Waals surface area (Å²) in [6.45, 7) is 5.84. The minimum atomic E-state index is 0.0252. The van der Waals surface area contributed by atoms with E-state index in [0.29, 0.717) is 6.42 Å². The Kier molecular flexibility index (Phi) is 4.84. The van der Waals surface area contributed by atoms with E-state index in [4.69, 9.17) is 0 Å². The number of rotatable bonds is 5. The summed E-state index contributed by atoms with van der Waals surface area (Å²) in [7, 11) is 0. The van der Waals surface area contributed by atoms with Crippen molar-refractivity contribution in [3.63, 3.8) is 0 Å². The number of carbonyl (C=O) groups is 1. The highest BCUT2D eigenvalue weighted by Gasteiger charge is 2.09. The van der Waals surface area contributed by atoms with Crippen LogP contribution in [-0.4, -0.2) is 21.9 Å². The summed E-state index contributed by atoms with van der Waals surface area (Å²) in [6.07, 6.45) is 0.489. The molecule has 0 aliphatic carbocycles. The summed E-state index contributed by atoms with van der Waals surface area (Å²) in [5, 5.41) is 9.83. The average Bonchev–Trinajstić information content (AvgIpc) is 2.73. The number of aromatic nitrogens is 2. The third-order valence-corrected chi connectivity index (χ3v) is 4.03. The number of hydrogen-bond donors (Lipinski definition) is 2. The van der Waals surface area contributed by atoms with Crippen LogP contribution in [0.1, 0.15) is 23.4 Å². The fourth-order valence-electron chi connectivity index (χ4n) is 1.83. The lowest BCUT2D eigenvalue weighted by atomic mass is 10.2. The van der Waals surface area contributed by atoms with Gasteiger partial charge in [0.25, 0.3) is 0 Å². The van der Waals surface area contributed by atoms with E-state index >= 15 is 0 Å². The van der Waals surface area contributed by atoms with Crippen LogP contribution in [0, 0.1) is 20.8 Å². The molecule has 1 heterocycles. The Labute approximate surface area is 123 Å². The van der Waals surface area contributed by atoms with Crippen molar-refractivity contribution in [3.05, 3.63) is 41.2 Å². The molecule has 2 N–H and O–H groups in total. The van der Waals surface area contributed by atoms with Gasteiger partial charge in [-0.2, -0.15) is 5.10 Å². The number of nitrogens with zero attached hydrogens (tertiary/aromatic N) is 1. The van der Waals surface area contributed by atoms with E-state index in [9.17, 15) is 4.79 Å². The van der Waals surface area contributed by atoms with Gasteiger partial charge in [-0.3, -0.25) is 9.89 Å². The first-order valence-corrected chi connectivity index (χ1v) is 7.55. The second-order valence-electron chi connectivity index (χ2n) is 4.77. The van der Waals surface area contributed by atoms with E-state index in [2.05, 4.69) is 46.7 Å². The van der Waals surface area contributed by atoms with Crippen LogP contribution in [0.2, 0.25) is 0 Å². The van der Waals surface area contributed by atoms with E-state index in [1.54, 1.807) is 11.8 Å². The van der Waals surface area contributed by atoms with Gasteiger partial charge in [0.05, 0.1) is 17.1 Å². The Morgan fingerprint density at radius 3 is 2.55 bits per heavy atom. The number of aryl methyl sites for hydroxylation is 3. The maximum absolute atomic E-state index is 11.9. The van der Waals surface area contributed by atoms with Crippen LogP contribution in [-0.2, 0) is 4.79 Å². The minimum absolute atomic E-state index is 0.0252. The van der Waals surface area contributed by atoms with E-state index in [0.717, 1.165) is 22.8 Å². The van der Waals surface area contributed by atoms with Gasteiger partial charge in [0.15, 0.2) is 0 Å². The van der Waals surface area contributed by atoms with Crippen LogP contribution in [0.3, 0.4) is 0 Å². The SMILES string of the molecule is Cc1ccc(SCCC(=O)Nc2c(C)n[nH]c2C)cc1. The monoisotopic (exact) mass is 289 g/mol. The fraction of sp³-hybridized carbons (Fsp3) is 0.333. The van der Waals surface area contributed by atoms with E-state index in [1.807, 2.05) is 13.8 Å². The molecule has 2 aromatic rings. The number of benzene rings is 1. The molecule has 0 atom stereocenters. The molecule has 0 spiro atoms. The standard InChI is InChI=1S/C15H19N3OS/c1-10-4-6-13(7-5-10)20-9-8-14(19)16-15-11(2)17-18-12(15)3/h4-7H,8-9H2,1-3H3,(H,16,19)(H,17,18). The molecule has 1 amide bonds. The first kappa shape index (κ1) is 14.7. The quantitative estimate of drug-likeness (QED) is 0.829. The molecule has 0 radical (unpaired) electrons. The zero-order valence-electron chi connectivity index (χ0n) is 12.0. The summed E-state index contributed by atoms with van der Waals surface area (Å²) < 4.78 is 0. The molecule has 2 rings (SSSR count). The normalized spacial score (nSPS) is 10.6. The van der Waals surface area contributed by atoms with Gasteiger partial charge < -0.3 is 5.32 Å². The van der Waals surface area contributed by atoms with Crippen LogP contribution in [0.15, 0.2) is 29.2 Å². The maximum Gasteiger partial charge on any atom is 0.225 e. The molecular formula is C15H19N3OS. The fourth-order valence-corrected chi connectivity index (χ4v) is 2.68. The van der Waals surface area contributed by atoms with E-state index in [1.165, 1.54) is 10.5 Å². The highest BCUT2D eigenvalue weighted by molar-refractivity contribution is 7.99. The summed E-state index contributed by atoms with van der Waals surface area (Å²) in [4.78, 5) is 13.1. The third-order valence-electron chi connectivity index (χ3n) is 3.01. The van der Waals surface area contributed by atoms with Crippen LogP contribution < -0.4 is 5.32 Å². The lowest BCUT2D eigenvalue weighted by molar-refractivity contribution is -0.115. The van der Waals surface area contributed by atoms with E-state index in [-0.39, 0.29) is 5.91 Å². The largest absolute Gasteiger partial charge is 0.323 e. The number of nitrogens with one attached hydrogen (secondary N) is 2. The molecule has 4 nitrogen and oxygen atoms in total. The number of amides is 1. The first-order chi connectivity index (χ1) is 9.56. The van der Waals surface area contributed by atoms with Crippen LogP contribution >= 0.6 is 11.8 Å². The molecule has 0 saturated carbocycles. The Morgan fingerprint density at radius 1 is 1.25 bits per heavy atom. The topological polar surface area (TPSA) is 57.8 Å². The zero-order chi connectivity index (χ0) is 14.5. The summed E-state index contributed by atoms with van der Waals surface area (Å²) in [6, 6.07) is 8.34. The van der Waals surface area contributed by atoms with Gasteiger partial charge in [-0.15, -0.1) is 11.8 Å². The van der Waals surface area contributed by atoms with Crippen molar-refractivity contribution in [2.45, 2.75) is 32.1 Å². The van der Waals surface area contributed by atoms with Gasteiger partial charge >= 0.3 is 0 Å². The second-order valence-corrected chi connectivity index (χ2v) is 5.94. The van der Waals surface area contributed by atoms with Gasteiger partial charge in [-0.1, -0.05) is 17.7 Å². The summed E-state index contributed by atoms with van der Waals surface area (Å²) in [5.41, 5.74) is 3.76. The number of hydrogen-bond acceptors (Lipinski definition) is 3. The predicted molar refractivity (Wildman–Crippen MR) is 83.2 cm³/mol. The van der Waals surface area contributed by atoms with Gasteiger partial charge in [-0.05, 0) is 32.9 Å². The average molecular weight is 289 g/mol. The van der Waals surface area contributed by atoms with Crippen molar-refractivity contribution >= 4 is 23.4 Å². The van der Waals surface area contributed by atoms with Gasteiger partial charge in [0.1, 0.15) is 0 Å². The molecule has 0 aliphatic heterocycles. The molecule has 0 unspecified atom stereocenters. The summed E-state index contributed by atoms with van der Waals surface area (Å²) >= 11 is 1.69. The van der Waals surface area contributed by atoms with E-state index < -0.39 is 0 Å². The number of carbonyl (C=O) groups excluding carboxylic acids is 1. The molecule has 1 aromatic heterocycles. The number of H-pyrrole nitrogens is 1. The molecule has 20 heavy (non-hydrogen) atoms. The molecule has 0 fully saturated rings. The van der Waals surface area contributed by atoms with Crippen molar-refractivity contribution in [2.75, 3.05) is 11.1 Å². The van der Waals surface area contributed by atoms with Crippen molar-refractivity contribution in [1.82, 2.24) is 10.2 Å². The Bertz CT molecular complexity index is 570. The highest BCUT2D eigenvalue weighted by Crippen LogP contribution is 2.20. The highest BCUT2D eigenvalue weighted by atomic mass is 32.2. The smallest absolute Gasteiger partial charge is 0.225 e. The molecular weight excluding hydrogens is 270 g/mol. The molecule has 0 aliphatic rings. The maximum atomic E-state index is 11.9. The predicted octanol–water partition coefficient (Wildman–Crippen LogP) is 3.46. The Hall–Kier alpha value is -1.75. The third kappa shape index (κ3) is 3.87. The second kappa shape index (κ2) is 6.61. The van der Waals surface area contributed by atoms with Crippen LogP contribution in [0.4, 0.5) is 5.69 Å². The summed E-state index contributed by atoms with van der Waals surface area (Å²) in [5.74, 6) is 0.794. The van der Waals surface area contributed by atoms with Crippen LogP contribution in [0.25, 0.3) is 0 Å². The van der Waals surface area contributed by atoms with Gasteiger partial charge in [-0.25, -0.2) is 0 Å². The molecule has 0 bridgehead atoms. The first-order valence-electron chi connectivity index (χ1n) is 6.57. The van der Waals surface area contributed by atoms with Gasteiger partial charge in [0, 0.05) is 17.1 Å².